The van der Waals surface area contributed by atoms with E-state index in [1.807, 2.05) is 36.1 Å². The minimum atomic E-state index is -0.339. The van der Waals surface area contributed by atoms with Crippen molar-refractivity contribution in [3.8, 4) is 5.75 Å². The second kappa shape index (κ2) is 10.0. The molecule has 1 unspecified atom stereocenters. The molecule has 0 aliphatic rings. The van der Waals surface area contributed by atoms with Crippen molar-refractivity contribution in [3.63, 3.8) is 0 Å². The van der Waals surface area contributed by atoms with E-state index in [4.69, 9.17) is 9.47 Å². The van der Waals surface area contributed by atoms with E-state index in [1.165, 1.54) is 6.07 Å². The molecule has 6 heteroatoms. The molecule has 0 radical (unpaired) electrons. The van der Waals surface area contributed by atoms with Crippen molar-refractivity contribution in [2.24, 2.45) is 0 Å². The fraction of sp³-hybridized carbons (Fsp3) is 0.381. The summed E-state index contributed by atoms with van der Waals surface area (Å²) in [5.41, 5.74) is 1.95. The smallest absolute Gasteiger partial charge is 0.238 e. The number of benzene rings is 2. The number of hydrogen-bond acceptors (Lipinski definition) is 4. The quantitative estimate of drug-likeness (QED) is 0.728. The molecule has 5 nitrogen and oxygen atoms in total. The molecular formula is C21H27FN2O3. The Hall–Kier alpha value is -2.44. The highest BCUT2D eigenvalue weighted by Gasteiger charge is 2.19. The van der Waals surface area contributed by atoms with E-state index in [2.05, 4.69) is 5.32 Å². The van der Waals surface area contributed by atoms with Gasteiger partial charge in [0.05, 0.1) is 20.3 Å². The maximum Gasteiger partial charge on any atom is 0.238 e. The van der Waals surface area contributed by atoms with Gasteiger partial charge in [0, 0.05) is 30.9 Å². The molecule has 146 valence electrons. The first-order chi connectivity index (χ1) is 12.9. The molecule has 1 N–H and O–H groups in total. The molecule has 0 aliphatic carbocycles. The first-order valence-corrected chi connectivity index (χ1v) is 8.85. The summed E-state index contributed by atoms with van der Waals surface area (Å²) in [5, 5.41) is 2.80. The molecule has 0 aromatic heterocycles. The largest absolute Gasteiger partial charge is 0.497 e. The lowest BCUT2D eigenvalue weighted by atomic mass is 10.1. The normalized spacial score (nSPS) is 12.1. The molecule has 1 atom stereocenters. The van der Waals surface area contributed by atoms with Crippen LogP contribution in [-0.4, -0.2) is 44.2 Å². The Labute approximate surface area is 160 Å². The van der Waals surface area contributed by atoms with Crippen molar-refractivity contribution < 1.29 is 18.7 Å². The Bertz CT molecular complexity index is 767. The van der Waals surface area contributed by atoms with Gasteiger partial charge in [0.2, 0.25) is 5.91 Å². The van der Waals surface area contributed by atoms with Crippen LogP contribution in [0.15, 0.2) is 42.5 Å². The van der Waals surface area contributed by atoms with Gasteiger partial charge < -0.3 is 14.8 Å². The Morgan fingerprint density at radius 2 is 1.96 bits per heavy atom. The third-order valence-electron chi connectivity index (χ3n) is 4.44. The van der Waals surface area contributed by atoms with Crippen LogP contribution in [0.3, 0.4) is 0 Å². The average Bonchev–Trinajstić information content (AvgIpc) is 2.65. The number of nitrogens with zero attached hydrogens (tertiary/aromatic N) is 1. The lowest BCUT2D eigenvalue weighted by Gasteiger charge is -2.28. The summed E-state index contributed by atoms with van der Waals surface area (Å²) in [7, 11) is 3.26. The van der Waals surface area contributed by atoms with Crippen LogP contribution in [0.2, 0.25) is 0 Å². The molecule has 0 aliphatic heterocycles. The number of anilines is 1. The van der Waals surface area contributed by atoms with Crippen LogP contribution >= 0.6 is 0 Å². The molecule has 1 amide bonds. The number of nitrogens with one attached hydrogen (secondary N) is 1. The van der Waals surface area contributed by atoms with Crippen LogP contribution in [-0.2, 0) is 16.1 Å². The van der Waals surface area contributed by atoms with Crippen LogP contribution in [0.4, 0.5) is 10.1 Å². The van der Waals surface area contributed by atoms with Crippen molar-refractivity contribution in [1.29, 1.82) is 0 Å². The van der Waals surface area contributed by atoms with Crippen molar-refractivity contribution in [2.75, 3.05) is 32.7 Å². The van der Waals surface area contributed by atoms with Gasteiger partial charge in [-0.2, -0.15) is 0 Å². The highest BCUT2D eigenvalue weighted by Crippen LogP contribution is 2.19. The number of rotatable bonds is 9. The van der Waals surface area contributed by atoms with Crippen LogP contribution in [0.5, 0.6) is 5.75 Å². The summed E-state index contributed by atoms with van der Waals surface area (Å²) in [6.07, 6.45) is 0. The number of carbonyl (C=O) groups excluding carboxylic acids is 1. The summed E-state index contributed by atoms with van der Waals surface area (Å²) < 4.78 is 24.2. The zero-order valence-electron chi connectivity index (χ0n) is 16.3. The van der Waals surface area contributed by atoms with Gasteiger partial charge in [-0.1, -0.05) is 18.2 Å². The summed E-state index contributed by atoms with van der Waals surface area (Å²) in [4.78, 5) is 14.6. The average molecular weight is 374 g/mol. The summed E-state index contributed by atoms with van der Waals surface area (Å²) >= 11 is 0. The van der Waals surface area contributed by atoms with E-state index in [9.17, 15) is 9.18 Å². The van der Waals surface area contributed by atoms with Gasteiger partial charge in [-0.05, 0) is 43.7 Å². The third-order valence-corrected chi connectivity index (χ3v) is 4.44. The lowest BCUT2D eigenvalue weighted by Crippen LogP contribution is -2.41. The summed E-state index contributed by atoms with van der Waals surface area (Å²) in [5.74, 6) is 0.231. The molecule has 0 saturated heterocycles. The van der Waals surface area contributed by atoms with Crippen molar-refractivity contribution in [1.82, 2.24) is 4.90 Å². The van der Waals surface area contributed by atoms with Gasteiger partial charge in [0.25, 0.3) is 0 Å². The van der Waals surface area contributed by atoms with Gasteiger partial charge in [-0.3, -0.25) is 9.69 Å². The minimum Gasteiger partial charge on any atom is -0.497 e. The van der Waals surface area contributed by atoms with Crippen molar-refractivity contribution in [2.45, 2.75) is 26.4 Å². The van der Waals surface area contributed by atoms with E-state index < -0.39 is 0 Å². The predicted octanol–water partition coefficient (Wildman–Crippen LogP) is 3.62. The molecule has 0 spiro atoms. The molecule has 2 aromatic rings. The Morgan fingerprint density at radius 1 is 1.22 bits per heavy atom. The minimum absolute atomic E-state index is 0.0283. The standard InChI is InChI=1S/C21H27FN2O3/c1-15(14-26-3)24(12-17-7-5-8-18(11-17)27-4)13-21(25)23-20-10-6-9-19(22)16(20)2/h5-11,15H,12-14H2,1-4H3,(H,23,25). The monoisotopic (exact) mass is 374 g/mol. The first kappa shape index (κ1) is 20.9. The second-order valence-corrected chi connectivity index (χ2v) is 6.52. The zero-order chi connectivity index (χ0) is 19.8. The highest BCUT2D eigenvalue weighted by molar-refractivity contribution is 5.93. The number of halogens is 1. The molecule has 0 fully saturated rings. The number of amides is 1. The molecule has 0 bridgehead atoms. The van der Waals surface area contributed by atoms with E-state index in [0.29, 0.717) is 24.4 Å². The van der Waals surface area contributed by atoms with E-state index in [-0.39, 0.29) is 24.3 Å². The Morgan fingerprint density at radius 3 is 2.67 bits per heavy atom. The fourth-order valence-electron chi connectivity index (χ4n) is 2.84. The van der Waals surface area contributed by atoms with Gasteiger partial charge in [-0.25, -0.2) is 4.39 Å². The highest BCUT2D eigenvalue weighted by atomic mass is 19.1. The molecular weight excluding hydrogens is 347 g/mol. The number of carbonyl (C=O) groups is 1. The van der Waals surface area contributed by atoms with E-state index in [1.54, 1.807) is 33.3 Å². The zero-order valence-corrected chi connectivity index (χ0v) is 16.3. The second-order valence-electron chi connectivity index (χ2n) is 6.52. The molecule has 2 rings (SSSR count). The maximum absolute atomic E-state index is 13.7. The van der Waals surface area contributed by atoms with Gasteiger partial charge in [0.15, 0.2) is 0 Å². The maximum atomic E-state index is 13.7. The van der Waals surface area contributed by atoms with Gasteiger partial charge >= 0.3 is 0 Å². The lowest BCUT2D eigenvalue weighted by molar-refractivity contribution is -0.118. The van der Waals surface area contributed by atoms with Gasteiger partial charge in [0.1, 0.15) is 11.6 Å². The molecule has 0 saturated carbocycles. The van der Waals surface area contributed by atoms with E-state index >= 15 is 0 Å². The van der Waals surface area contributed by atoms with Crippen LogP contribution in [0.1, 0.15) is 18.1 Å². The van der Waals surface area contributed by atoms with E-state index in [0.717, 1.165) is 11.3 Å². The Balaban J connectivity index is 2.11. The van der Waals surface area contributed by atoms with Crippen molar-refractivity contribution >= 4 is 11.6 Å². The molecule has 27 heavy (non-hydrogen) atoms. The first-order valence-electron chi connectivity index (χ1n) is 8.85. The number of methoxy groups -OCH3 is 2. The fourth-order valence-corrected chi connectivity index (χ4v) is 2.84. The van der Waals surface area contributed by atoms with Crippen molar-refractivity contribution in [3.05, 3.63) is 59.4 Å². The van der Waals surface area contributed by atoms with Crippen LogP contribution < -0.4 is 10.1 Å². The Kier molecular flexibility index (Phi) is 7.76. The SMILES string of the molecule is COCC(C)N(CC(=O)Nc1cccc(F)c1C)Cc1cccc(OC)c1. The molecule has 2 aromatic carbocycles. The predicted molar refractivity (Wildman–Crippen MR) is 105 cm³/mol. The van der Waals surface area contributed by atoms with Crippen LogP contribution in [0, 0.1) is 12.7 Å². The number of hydrogen-bond donors (Lipinski definition) is 1. The third kappa shape index (κ3) is 6.05. The summed E-state index contributed by atoms with van der Waals surface area (Å²) in [6, 6.07) is 12.4. The molecule has 0 heterocycles. The van der Waals surface area contributed by atoms with Gasteiger partial charge in [-0.15, -0.1) is 0 Å². The summed E-state index contributed by atoms with van der Waals surface area (Å²) in [6.45, 7) is 4.88. The number of ether oxygens (including phenoxy) is 2. The van der Waals surface area contributed by atoms with Crippen LogP contribution in [0.25, 0.3) is 0 Å². The topological polar surface area (TPSA) is 50.8 Å².